The zero-order valence-electron chi connectivity index (χ0n) is 8.32. The SMILES string of the molecule is COC(=O)c1n[nH]c(C2CSCCN2)n1. The summed E-state index contributed by atoms with van der Waals surface area (Å²) in [6.45, 7) is 0.948. The Morgan fingerprint density at radius 3 is 3.20 bits per heavy atom. The highest BCUT2D eigenvalue weighted by Crippen LogP contribution is 2.18. The first-order chi connectivity index (χ1) is 7.31. The molecule has 0 radical (unpaired) electrons. The van der Waals surface area contributed by atoms with Crippen molar-refractivity contribution < 1.29 is 9.53 Å². The van der Waals surface area contributed by atoms with Crippen molar-refractivity contribution in [2.45, 2.75) is 6.04 Å². The molecule has 1 atom stereocenters. The molecule has 2 N–H and O–H groups in total. The van der Waals surface area contributed by atoms with Crippen molar-refractivity contribution in [3.63, 3.8) is 0 Å². The molecule has 1 aromatic rings. The van der Waals surface area contributed by atoms with Gasteiger partial charge in [0.15, 0.2) is 0 Å². The lowest BCUT2D eigenvalue weighted by atomic mass is 10.3. The summed E-state index contributed by atoms with van der Waals surface area (Å²) >= 11 is 1.85. The van der Waals surface area contributed by atoms with E-state index < -0.39 is 5.97 Å². The van der Waals surface area contributed by atoms with Crippen LogP contribution in [0.15, 0.2) is 0 Å². The minimum atomic E-state index is -0.513. The first-order valence-electron chi connectivity index (χ1n) is 4.63. The third-order valence-electron chi connectivity index (χ3n) is 2.12. The second kappa shape index (κ2) is 4.63. The zero-order valence-corrected chi connectivity index (χ0v) is 9.13. The van der Waals surface area contributed by atoms with E-state index in [4.69, 9.17) is 0 Å². The molecule has 0 aromatic carbocycles. The molecule has 0 spiro atoms. The van der Waals surface area contributed by atoms with Crippen LogP contribution < -0.4 is 5.32 Å². The molecule has 15 heavy (non-hydrogen) atoms. The summed E-state index contributed by atoms with van der Waals surface area (Å²) in [7, 11) is 1.31. The van der Waals surface area contributed by atoms with Crippen molar-refractivity contribution in [2.24, 2.45) is 0 Å². The van der Waals surface area contributed by atoms with Gasteiger partial charge in [0.25, 0.3) is 5.82 Å². The Morgan fingerprint density at radius 2 is 2.53 bits per heavy atom. The third-order valence-corrected chi connectivity index (χ3v) is 3.18. The molecule has 1 aliphatic heterocycles. The number of rotatable bonds is 2. The lowest BCUT2D eigenvalue weighted by Gasteiger charge is -2.20. The van der Waals surface area contributed by atoms with E-state index in [0.717, 1.165) is 18.1 Å². The summed E-state index contributed by atoms with van der Waals surface area (Å²) in [5.41, 5.74) is 0. The lowest BCUT2D eigenvalue weighted by Crippen LogP contribution is -2.31. The minimum Gasteiger partial charge on any atom is -0.463 e. The Hall–Kier alpha value is -1.08. The Kier molecular flexibility index (Phi) is 3.22. The highest BCUT2D eigenvalue weighted by Gasteiger charge is 2.21. The Balaban J connectivity index is 2.08. The van der Waals surface area contributed by atoms with Crippen LogP contribution in [0.2, 0.25) is 0 Å². The van der Waals surface area contributed by atoms with Crippen LogP contribution in [0.25, 0.3) is 0 Å². The zero-order chi connectivity index (χ0) is 10.7. The smallest absolute Gasteiger partial charge is 0.377 e. The van der Waals surface area contributed by atoms with Crippen LogP contribution in [0.4, 0.5) is 0 Å². The molecule has 6 nitrogen and oxygen atoms in total. The van der Waals surface area contributed by atoms with Gasteiger partial charge in [0, 0.05) is 18.1 Å². The van der Waals surface area contributed by atoms with Crippen LogP contribution in [0, 0.1) is 0 Å². The first kappa shape index (κ1) is 10.4. The standard InChI is InChI=1S/C8H12N4O2S/c1-14-8(13)7-10-6(11-12-7)5-4-15-3-2-9-5/h5,9H,2-4H2,1H3,(H,10,11,12). The van der Waals surface area contributed by atoms with Crippen LogP contribution in [0.1, 0.15) is 22.5 Å². The number of thioether (sulfide) groups is 1. The fraction of sp³-hybridized carbons (Fsp3) is 0.625. The fourth-order valence-electron chi connectivity index (χ4n) is 1.35. The van der Waals surface area contributed by atoms with E-state index in [9.17, 15) is 4.79 Å². The predicted octanol–water partition coefficient (Wildman–Crippen LogP) is -0.0312. The average molecular weight is 228 g/mol. The van der Waals surface area contributed by atoms with Crippen LogP contribution in [0.3, 0.4) is 0 Å². The number of carbonyl (C=O) groups is 1. The van der Waals surface area contributed by atoms with Gasteiger partial charge in [0.1, 0.15) is 5.82 Å². The topological polar surface area (TPSA) is 79.9 Å². The molecule has 82 valence electrons. The number of esters is 1. The number of hydrogen-bond donors (Lipinski definition) is 2. The highest BCUT2D eigenvalue weighted by atomic mass is 32.2. The van der Waals surface area contributed by atoms with E-state index in [1.807, 2.05) is 11.8 Å². The van der Waals surface area contributed by atoms with Gasteiger partial charge in [0.2, 0.25) is 0 Å². The fourth-order valence-corrected chi connectivity index (χ4v) is 2.29. The first-order valence-corrected chi connectivity index (χ1v) is 5.78. The van der Waals surface area contributed by atoms with Crippen LogP contribution >= 0.6 is 11.8 Å². The van der Waals surface area contributed by atoms with Gasteiger partial charge in [-0.2, -0.15) is 11.8 Å². The summed E-state index contributed by atoms with van der Waals surface area (Å²) in [4.78, 5) is 15.2. The number of ether oxygens (including phenoxy) is 1. The number of nitrogens with zero attached hydrogens (tertiary/aromatic N) is 2. The Morgan fingerprint density at radius 1 is 1.67 bits per heavy atom. The van der Waals surface area contributed by atoms with Crippen LogP contribution in [-0.2, 0) is 4.74 Å². The minimum absolute atomic E-state index is 0.0878. The second-order valence-electron chi connectivity index (χ2n) is 3.12. The number of carbonyl (C=O) groups excluding carboxylic acids is 1. The van der Waals surface area contributed by atoms with Crippen molar-refractivity contribution in [2.75, 3.05) is 25.2 Å². The van der Waals surface area contributed by atoms with Crippen molar-refractivity contribution in [1.29, 1.82) is 0 Å². The summed E-state index contributed by atoms with van der Waals surface area (Å²) in [5, 5.41) is 9.85. The van der Waals surface area contributed by atoms with E-state index in [1.54, 1.807) is 0 Å². The van der Waals surface area contributed by atoms with Gasteiger partial charge in [-0.1, -0.05) is 0 Å². The Bertz CT molecular complexity index is 348. The maximum Gasteiger partial charge on any atom is 0.377 e. The van der Waals surface area contributed by atoms with Gasteiger partial charge in [-0.3, -0.25) is 5.10 Å². The van der Waals surface area contributed by atoms with Crippen molar-refractivity contribution in [3.8, 4) is 0 Å². The molecule has 0 saturated carbocycles. The molecule has 2 heterocycles. The van der Waals surface area contributed by atoms with Crippen LogP contribution in [-0.4, -0.2) is 46.3 Å². The molecule has 0 aliphatic carbocycles. The normalized spacial score (nSPS) is 21.3. The number of hydrogen-bond acceptors (Lipinski definition) is 6. The van der Waals surface area contributed by atoms with Gasteiger partial charge in [-0.15, -0.1) is 5.10 Å². The van der Waals surface area contributed by atoms with Gasteiger partial charge in [-0.25, -0.2) is 9.78 Å². The molecule has 2 rings (SSSR count). The highest BCUT2D eigenvalue weighted by molar-refractivity contribution is 7.99. The number of H-pyrrole nitrogens is 1. The summed E-state index contributed by atoms with van der Waals surface area (Å²) in [6, 6.07) is 0.148. The van der Waals surface area contributed by atoms with E-state index in [2.05, 4.69) is 25.2 Å². The van der Waals surface area contributed by atoms with Gasteiger partial charge in [0.05, 0.1) is 13.2 Å². The van der Waals surface area contributed by atoms with E-state index in [1.165, 1.54) is 7.11 Å². The lowest BCUT2D eigenvalue weighted by molar-refractivity contribution is 0.0587. The monoisotopic (exact) mass is 228 g/mol. The van der Waals surface area contributed by atoms with E-state index >= 15 is 0 Å². The summed E-state index contributed by atoms with van der Waals surface area (Å²) in [6.07, 6.45) is 0. The molecule has 0 bridgehead atoms. The van der Waals surface area contributed by atoms with Crippen molar-refractivity contribution in [3.05, 3.63) is 11.6 Å². The second-order valence-corrected chi connectivity index (χ2v) is 4.27. The van der Waals surface area contributed by atoms with Crippen molar-refractivity contribution >= 4 is 17.7 Å². The Labute approximate surface area is 91.2 Å². The van der Waals surface area contributed by atoms with E-state index in [-0.39, 0.29) is 11.9 Å². The number of aromatic nitrogens is 3. The maximum atomic E-state index is 11.1. The largest absolute Gasteiger partial charge is 0.463 e. The summed E-state index contributed by atoms with van der Waals surface area (Å²) < 4.78 is 4.53. The average Bonchev–Trinajstić information content (AvgIpc) is 2.78. The molecule has 1 unspecified atom stereocenters. The predicted molar refractivity (Wildman–Crippen MR) is 55.8 cm³/mol. The quantitative estimate of drug-likeness (QED) is 0.692. The number of aromatic amines is 1. The van der Waals surface area contributed by atoms with Crippen molar-refractivity contribution in [1.82, 2.24) is 20.5 Å². The molecule has 0 amide bonds. The molecular formula is C8H12N4O2S. The number of nitrogens with one attached hydrogen (secondary N) is 2. The molecule has 7 heteroatoms. The van der Waals surface area contributed by atoms with E-state index in [0.29, 0.717) is 5.82 Å². The van der Waals surface area contributed by atoms with Gasteiger partial charge >= 0.3 is 5.97 Å². The number of methoxy groups -OCH3 is 1. The molecule has 1 fully saturated rings. The van der Waals surface area contributed by atoms with Crippen LogP contribution in [0.5, 0.6) is 0 Å². The molecule has 1 saturated heterocycles. The maximum absolute atomic E-state index is 11.1. The summed E-state index contributed by atoms with van der Waals surface area (Å²) in [5.74, 6) is 2.32. The third kappa shape index (κ3) is 2.29. The van der Waals surface area contributed by atoms with Gasteiger partial charge < -0.3 is 10.1 Å². The van der Waals surface area contributed by atoms with Gasteiger partial charge in [-0.05, 0) is 0 Å². The molecule has 1 aromatic heterocycles. The molecule has 1 aliphatic rings. The molecular weight excluding hydrogens is 216 g/mol.